The molecule has 0 spiro atoms. The molecule has 26 heavy (non-hydrogen) atoms. The number of esters is 1. The van der Waals surface area contributed by atoms with Crippen LogP contribution < -0.4 is 9.47 Å². The summed E-state index contributed by atoms with van der Waals surface area (Å²) in [4.78, 5) is 11.7. The normalized spacial score (nSPS) is 10.5. The van der Waals surface area contributed by atoms with E-state index in [1.54, 1.807) is 19.2 Å². The molecule has 0 unspecified atom stereocenters. The molecular formula is C18H18N2O6. The van der Waals surface area contributed by atoms with E-state index in [1.807, 2.05) is 24.3 Å². The molecule has 3 rings (SSSR count). The lowest BCUT2D eigenvalue weighted by Crippen LogP contribution is -2.07. The summed E-state index contributed by atoms with van der Waals surface area (Å²) in [6.45, 7) is 0.330. The first kappa shape index (κ1) is 17.5. The molecule has 1 aromatic carbocycles. The number of carbonyl (C=O) groups is 1. The summed E-state index contributed by atoms with van der Waals surface area (Å²) in [7, 11) is 1.60. The summed E-state index contributed by atoms with van der Waals surface area (Å²) in [5, 5.41) is 7.63. The van der Waals surface area contributed by atoms with Crippen molar-refractivity contribution >= 4 is 5.97 Å². The third-order valence-electron chi connectivity index (χ3n) is 3.41. The Balaban J connectivity index is 1.34. The van der Waals surface area contributed by atoms with Gasteiger partial charge in [-0.1, -0.05) is 0 Å². The topological polar surface area (TPSA) is 96.8 Å². The number of rotatable bonds is 9. The maximum atomic E-state index is 11.7. The van der Waals surface area contributed by atoms with Gasteiger partial charge < -0.3 is 23.0 Å². The van der Waals surface area contributed by atoms with Crippen LogP contribution >= 0.6 is 0 Å². The summed E-state index contributed by atoms with van der Waals surface area (Å²) < 4.78 is 26.2. The minimum Gasteiger partial charge on any atom is -0.497 e. The third kappa shape index (κ3) is 4.85. The second kappa shape index (κ2) is 8.70. The highest BCUT2D eigenvalue weighted by Gasteiger charge is 2.12. The SMILES string of the molecule is COc1ccc(OCCCC(=O)OCc2nnc(-c3ccco3)o2)cc1. The first-order valence-electron chi connectivity index (χ1n) is 8.03. The highest BCUT2D eigenvalue weighted by atomic mass is 16.5. The van der Waals surface area contributed by atoms with Crippen molar-refractivity contribution in [1.29, 1.82) is 0 Å². The second-order valence-corrected chi connectivity index (χ2v) is 5.27. The van der Waals surface area contributed by atoms with Gasteiger partial charge in [0.2, 0.25) is 0 Å². The molecule has 0 aliphatic heterocycles. The van der Waals surface area contributed by atoms with Crippen LogP contribution in [0.4, 0.5) is 0 Å². The predicted octanol–water partition coefficient (Wildman–Crippen LogP) is 3.24. The maximum absolute atomic E-state index is 11.7. The van der Waals surface area contributed by atoms with E-state index in [4.69, 9.17) is 23.0 Å². The van der Waals surface area contributed by atoms with Crippen LogP contribution in [-0.4, -0.2) is 29.9 Å². The van der Waals surface area contributed by atoms with Crippen molar-refractivity contribution in [3.63, 3.8) is 0 Å². The Hall–Kier alpha value is -3.29. The lowest BCUT2D eigenvalue weighted by atomic mass is 10.3. The highest BCUT2D eigenvalue weighted by Crippen LogP contribution is 2.19. The molecule has 0 aliphatic carbocycles. The molecule has 136 valence electrons. The van der Waals surface area contributed by atoms with E-state index in [0.717, 1.165) is 11.5 Å². The number of nitrogens with zero attached hydrogens (tertiary/aromatic N) is 2. The molecule has 0 amide bonds. The molecule has 2 heterocycles. The molecule has 0 saturated heterocycles. The number of hydrogen-bond acceptors (Lipinski definition) is 8. The Labute approximate surface area is 149 Å². The molecule has 8 heteroatoms. The number of furan rings is 1. The summed E-state index contributed by atoms with van der Waals surface area (Å²) in [5.41, 5.74) is 0. The van der Waals surface area contributed by atoms with Crippen LogP contribution in [0.2, 0.25) is 0 Å². The Morgan fingerprint density at radius 2 is 1.92 bits per heavy atom. The van der Waals surface area contributed by atoms with E-state index in [-0.39, 0.29) is 30.8 Å². The van der Waals surface area contributed by atoms with Crippen LogP contribution in [0.25, 0.3) is 11.7 Å². The number of methoxy groups -OCH3 is 1. The molecule has 2 aromatic heterocycles. The van der Waals surface area contributed by atoms with Gasteiger partial charge in [-0.2, -0.15) is 0 Å². The largest absolute Gasteiger partial charge is 0.497 e. The summed E-state index contributed by atoms with van der Waals surface area (Å²) in [6.07, 6.45) is 2.27. The molecule has 0 saturated carbocycles. The van der Waals surface area contributed by atoms with E-state index in [9.17, 15) is 4.79 Å². The average molecular weight is 358 g/mol. The van der Waals surface area contributed by atoms with Gasteiger partial charge in [-0.3, -0.25) is 4.79 Å². The quantitative estimate of drug-likeness (QED) is 0.425. The van der Waals surface area contributed by atoms with Crippen LogP contribution in [-0.2, 0) is 16.1 Å². The van der Waals surface area contributed by atoms with Crippen molar-refractivity contribution in [3.05, 3.63) is 48.6 Å². The second-order valence-electron chi connectivity index (χ2n) is 5.27. The predicted molar refractivity (Wildman–Crippen MR) is 89.5 cm³/mol. The zero-order valence-corrected chi connectivity index (χ0v) is 14.2. The standard InChI is InChI=1S/C18H18N2O6/c1-22-13-6-8-14(9-7-13)23-10-3-5-17(21)25-12-16-19-20-18(26-16)15-4-2-11-24-15/h2,4,6-9,11H,3,5,10,12H2,1H3. The Kier molecular flexibility index (Phi) is 5.87. The zero-order chi connectivity index (χ0) is 18.2. The summed E-state index contributed by atoms with van der Waals surface area (Å²) >= 11 is 0. The molecule has 0 N–H and O–H groups in total. The van der Waals surface area contributed by atoms with Gasteiger partial charge in [0, 0.05) is 6.42 Å². The fraction of sp³-hybridized carbons (Fsp3) is 0.278. The lowest BCUT2D eigenvalue weighted by Gasteiger charge is -2.07. The molecule has 0 bridgehead atoms. The van der Waals surface area contributed by atoms with E-state index in [1.165, 1.54) is 6.26 Å². The van der Waals surface area contributed by atoms with Crippen LogP contribution in [0.1, 0.15) is 18.7 Å². The fourth-order valence-corrected chi connectivity index (χ4v) is 2.10. The number of hydrogen-bond donors (Lipinski definition) is 0. The van der Waals surface area contributed by atoms with Crippen molar-refractivity contribution in [2.24, 2.45) is 0 Å². The first-order valence-corrected chi connectivity index (χ1v) is 8.03. The van der Waals surface area contributed by atoms with Crippen molar-refractivity contribution in [1.82, 2.24) is 10.2 Å². The lowest BCUT2D eigenvalue weighted by molar-refractivity contribution is -0.145. The van der Waals surface area contributed by atoms with Crippen LogP contribution in [0, 0.1) is 0 Å². The van der Waals surface area contributed by atoms with Crippen LogP contribution in [0.5, 0.6) is 11.5 Å². The van der Waals surface area contributed by atoms with Crippen molar-refractivity contribution in [2.45, 2.75) is 19.4 Å². The van der Waals surface area contributed by atoms with Gasteiger partial charge in [-0.05, 0) is 42.8 Å². The molecule has 0 atom stereocenters. The van der Waals surface area contributed by atoms with E-state index < -0.39 is 0 Å². The summed E-state index contributed by atoms with van der Waals surface area (Å²) in [5.74, 6) is 2.03. The minimum absolute atomic E-state index is 0.0775. The van der Waals surface area contributed by atoms with Gasteiger partial charge in [0.1, 0.15) is 11.5 Å². The fourth-order valence-electron chi connectivity index (χ4n) is 2.10. The van der Waals surface area contributed by atoms with Crippen LogP contribution in [0.3, 0.4) is 0 Å². The molecule has 0 radical (unpaired) electrons. The Morgan fingerprint density at radius 1 is 1.12 bits per heavy atom. The van der Waals surface area contributed by atoms with E-state index >= 15 is 0 Å². The van der Waals surface area contributed by atoms with Gasteiger partial charge in [-0.25, -0.2) is 0 Å². The molecular weight excluding hydrogens is 340 g/mol. The van der Waals surface area contributed by atoms with Crippen molar-refractivity contribution in [2.75, 3.05) is 13.7 Å². The monoisotopic (exact) mass is 358 g/mol. The zero-order valence-electron chi connectivity index (χ0n) is 14.2. The average Bonchev–Trinajstić information content (AvgIpc) is 3.35. The number of benzene rings is 1. The Morgan fingerprint density at radius 3 is 2.65 bits per heavy atom. The first-order chi connectivity index (χ1) is 12.7. The number of carbonyl (C=O) groups excluding carboxylic acids is 1. The summed E-state index contributed by atoms with van der Waals surface area (Å²) in [6, 6.07) is 10.7. The smallest absolute Gasteiger partial charge is 0.306 e. The van der Waals surface area contributed by atoms with Crippen LogP contribution in [0.15, 0.2) is 51.5 Å². The van der Waals surface area contributed by atoms with Gasteiger partial charge in [0.25, 0.3) is 11.8 Å². The molecule has 0 aliphatic rings. The number of ether oxygens (including phenoxy) is 3. The van der Waals surface area contributed by atoms with Gasteiger partial charge in [0.15, 0.2) is 12.4 Å². The van der Waals surface area contributed by atoms with Gasteiger partial charge >= 0.3 is 5.97 Å². The maximum Gasteiger partial charge on any atom is 0.306 e. The third-order valence-corrected chi connectivity index (χ3v) is 3.41. The molecule has 0 fully saturated rings. The highest BCUT2D eigenvalue weighted by molar-refractivity contribution is 5.69. The van der Waals surface area contributed by atoms with E-state index in [0.29, 0.717) is 18.8 Å². The van der Waals surface area contributed by atoms with E-state index in [2.05, 4.69) is 10.2 Å². The van der Waals surface area contributed by atoms with Gasteiger partial charge in [-0.15, -0.1) is 10.2 Å². The Bertz CT molecular complexity index is 811. The number of aromatic nitrogens is 2. The molecule has 8 nitrogen and oxygen atoms in total. The van der Waals surface area contributed by atoms with Crippen molar-refractivity contribution < 1.29 is 27.8 Å². The minimum atomic E-state index is -0.360. The van der Waals surface area contributed by atoms with Crippen molar-refractivity contribution in [3.8, 4) is 23.1 Å². The van der Waals surface area contributed by atoms with Gasteiger partial charge in [0.05, 0.1) is 20.0 Å². The molecule has 3 aromatic rings.